The second-order valence-corrected chi connectivity index (χ2v) is 4.82. The van der Waals surface area contributed by atoms with Gasteiger partial charge in [0.1, 0.15) is 6.54 Å². The summed E-state index contributed by atoms with van der Waals surface area (Å²) in [7, 11) is 0. The third-order valence-corrected chi connectivity index (χ3v) is 3.10. The van der Waals surface area contributed by atoms with Gasteiger partial charge in [-0.25, -0.2) is 0 Å². The molecule has 112 valence electrons. The van der Waals surface area contributed by atoms with Crippen molar-refractivity contribution in [2.45, 2.75) is 33.5 Å². The van der Waals surface area contributed by atoms with Crippen LogP contribution in [-0.2, 0) is 6.54 Å². The van der Waals surface area contributed by atoms with Crippen LogP contribution in [0.4, 0.5) is 13.2 Å². The number of aromatic nitrogens is 3. The Balaban J connectivity index is 2.53. The molecule has 0 saturated heterocycles. The van der Waals surface area contributed by atoms with Crippen LogP contribution < -0.4 is 0 Å². The van der Waals surface area contributed by atoms with Crippen molar-refractivity contribution < 1.29 is 18.0 Å². The third-order valence-electron chi connectivity index (χ3n) is 3.10. The monoisotopic (exact) mass is 297 g/mol. The van der Waals surface area contributed by atoms with Gasteiger partial charge in [-0.3, -0.25) is 14.5 Å². The van der Waals surface area contributed by atoms with E-state index in [0.717, 1.165) is 4.68 Å². The molecule has 0 bridgehead atoms. The summed E-state index contributed by atoms with van der Waals surface area (Å²) in [5, 5.41) is 3.75. The van der Waals surface area contributed by atoms with E-state index in [2.05, 4.69) is 10.1 Å². The molecule has 0 aliphatic rings. The highest BCUT2D eigenvalue weighted by Gasteiger charge is 2.30. The lowest BCUT2D eigenvalue weighted by atomic mass is 10.0. The number of halogens is 3. The molecule has 0 amide bonds. The van der Waals surface area contributed by atoms with E-state index in [4.69, 9.17) is 0 Å². The first-order valence-corrected chi connectivity index (χ1v) is 6.27. The summed E-state index contributed by atoms with van der Waals surface area (Å²) >= 11 is 0. The van der Waals surface area contributed by atoms with E-state index in [1.807, 2.05) is 0 Å². The van der Waals surface area contributed by atoms with Crippen molar-refractivity contribution in [3.05, 3.63) is 35.3 Å². The van der Waals surface area contributed by atoms with E-state index in [1.165, 1.54) is 20.0 Å². The van der Waals surface area contributed by atoms with Crippen LogP contribution in [0.25, 0.3) is 11.3 Å². The number of pyridine rings is 1. The van der Waals surface area contributed by atoms with Gasteiger partial charge in [0.15, 0.2) is 5.78 Å². The zero-order valence-corrected chi connectivity index (χ0v) is 11.8. The number of hydrogen-bond donors (Lipinski definition) is 0. The average molecular weight is 297 g/mol. The summed E-state index contributed by atoms with van der Waals surface area (Å²) in [5.41, 5.74) is 2.18. The summed E-state index contributed by atoms with van der Waals surface area (Å²) < 4.78 is 38.3. The van der Waals surface area contributed by atoms with Crippen molar-refractivity contribution in [1.82, 2.24) is 14.8 Å². The molecule has 2 aromatic heterocycles. The van der Waals surface area contributed by atoms with Crippen LogP contribution >= 0.6 is 0 Å². The van der Waals surface area contributed by atoms with Gasteiger partial charge in [0.2, 0.25) is 0 Å². The molecule has 0 saturated carbocycles. The maximum Gasteiger partial charge on any atom is 0.408 e. The van der Waals surface area contributed by atoms with Crippen LogP contribution in [0.15, 0.2) is 18.3 Å². The molecule has 0 N–H and O–H groups in total. The number of nitrogens with zero attached hydrogens (tertiary/aromatic N) is 3. The minimum Gasteiger partial charge on any atom is -0.294 e. The molecule has 0 fully saturated rings. The Morgan fingerprint density at radius 1 is 1.29 bits per heavy atom. The molecule has 0 radical (unpaired) electrons. The molecule has 0 aliphatic carbocycles. The molecule has 7 heteroatoms. The molecule has 2 rings (SSSR count). The van der Waals surface area contributed by atoms with Crippen LogP contribution in [0.3, 0.4) is 0 Å². The number of Topliss-reactive ketones (excluding diaryl/α,β-unsaturated/α-hetero) is 1. The summed E-state index contributed by atoms with van der Waals surface area (Å²) in [6.45, 7) is 3.51. The zero-order valence-electron chi connectivity index (χ0n) is 11.8. The lowest BCUT2D eigenvalue weighted by molar-refractivity contribution is -0.142. The number of carbonyl (C=O) groups is 1. The molecule has 4 nitrogen and oxygen atoms in total. The van der Waals surface area contributed by atoms with Gasteiger partial charge in [-0.15, -0.1) is 0 Å². The van der Waals surface area contributed by atoms with Gasteiger partial charge in [-0.1, -0.05) is 0 Å². The topological polar surface area (TPSA) is 47.8 Å². The second-order valence-electron chi connectivity index (χ2n) is 4.82. The Kier molecular flexibility index (Phi) is 3.85. The van der Waals surface area contributed by atoms with Crippen LogP contribution in [0.2, 0.25) is 0 Å². The van der Waals surface area contributed by atoms with Crippen LogP contribution in [0.1, 0.15) is 28.7 Å². The molecule has 0 spiro atoms. The predicted octanol–water partition coefficient (Wildman–Crippen LogP) is 3.33. The second kappa shape index (κ2) is 5.31. The van der Waals surface area contributed by atoms with Gasteiger partial charge in [-0.05, 0) is 32.9 Å². The van der Waals surface area contributed by atoms with Crippen LogP contribution in [-0.4, -0.2) is 26.7 Å². The Bertz CT molecular complexity index is 689. The summed E-state index contributed by atoms with van der Waals surface area (Å²) in [6, 6.07) is 3.32. The van der Waals surface area contributed by atoms with Crippen molar-refractivity contribution in [3.63, 3.8) is 0 Å². The van der Waals surface area contributed by atoms with Gasteiger partial charge in [-0.2, -0.15) is 18.3 Å². The smallest absolute Gasteiger partial charge is 0.294 e. The highest BCUT2D eigenvalue weighted by atomic mass is 19.4. The number of rotatable bonds is 3. The minimum atomic E-state index is -4.35. The fraction of sp³-hybridized carbons (Fsp3) is 0.357. The fourth-order valence-electron chi connectivity index (χ4n) is 2.05. The van der Waals surface area contributed by atoms with Crippen molar-refractivity contribution in [1.29, 1.82) is 0 Å². The summed E-state index contributed by atoms with van der Waals surface area (Å²) in [4.78, 5) is 15.9. The number of ketones is 1. The Hall–Kier alpha value is -2.18. The molecule has 2 heterocycles. The summed E-state index contributed by atoms with van der Waals surface area (Å²) in [6.07, 6.45) is -3.03. The fourth-order valence-corrected chi connectivity index (χ4v) is 2.05. The van der Waals surface area contributed by atoms with Crippen LogP contribution in [0, 0.1) is 13.8 Å². The van der Waals surface area contributed by atoms with Gasteiger partial charge in [0.25, 0.3) is 0 Å². The van der Waals surface area contributed by atoms with E-state index < -0.39 is 12.7 Å². The third kappa shape index (κ3) is 3.29. The number of hydrogen-bond acceptors (Lipinski definition) is 3. The standard InChI is InChI=1S/C14H14F3N3O/c1-8-4-5-11(10(3)21)13(19-8)12-6-18-20(9(12)2)7-14(15,16)17/h4-6H,7H2,1-3H3. The Morgan fingerprint density at radius 3 is 2.52 bits per heavy atom. The molecule has 0 atom stereocenters. The number of aryl methyl sites for hydroxylation is 1. The van der Waals surface area contributed by atoms with Gasteiger partial charge in [0, 0.05) is 22.5 Å². The van der Waals surface area contributed by atoms with E-state index in [9.17, 15) is 18.0 Å². The van der Waals surface area contributed by atoms with Crippen LogP contribution in [0.5, 0.6) is 0 Å². The van der Waals surface area contributed by atoms with Crippen molar-refractivity contribution >= 4 is 5.78 Å². The first kappa shape index (κ1) is 15.2. The maximum absolute atomic E-state index is 12.5. The van der Waals surface area contributed by atoms with Crippen molar-refractivity contribution in [3.8, 4) is 11.3 Å². The van der Waals surface area contributed by atoms with Crippen molar-refractivity contribution in [2.75, 3.05) is 0 Å². The van der Waals surface area contributed by atoms with Crippen molar-refractivity contribution in [2.24, 2.45) is 0 Å². The van der Waals surface area contributed by atoms with Gasteiger partial charge < -0.3 is 0 Å². The largest absolute Gasteiger partial charge is 0.408 e. The van der Waals surface area contributed by atoms with E-state index in [0.29, 0.717) is 28.2 Å². The molecule has 0 unspecified atom stereocenters. The lowest BCUT2D eigenvalue weighted by Gasteiger charge is -2.10. The molecule has 2 aromatic rings. The summed E-state index contributed by atoms with van der Waals surface area (Å²) in [5.74, 6) is -0.194. The molecule has 21 heavy (non-hydrogen) atoms. The number of alkyl halides is 3. The predicted molar refractivity (Wildman–Crippen MR) is 71.0 cm³/mol. The highest BCUT2D eigenvalue weighted by molar-refractivity contribution is 6.00. The van der Waals surface area contributed by atoms with Gasteiger partial charge in [0.05, 0.1) is 11.9 Å². The first-order valence-electron chi connectivity index (χ1n) is 6.27. The first-order chi connectivity index (χ1) is 9.69. The van der Waals surface area contributed by atoms with E-state index in [-0.39, 0.29) is 5.78 Å². The van der Waals surface area contributed by atoms with Gasteiger partial charge >= 0.3 is 6.18 Å². The zero-order chi connectivity index (χ0) is 15.8. The van der Waals surface area contributed by atoms with E-state index in [1.54, 1.807) is 19.1 Å². The molecular weight excluding hydrogens is 283 g/mol. The lowest BCUT2D eigenvalue weighted by Crippen LogP contribution is -2.19. The average Bonchev–Trinajstić information content (AvgIpc) is 2.68. The molecular formula is C14H14F3N3O. The highest BCUT2D eigenvalue weighted by Crippen LogP contribution is 2.27. The minimum absolute atomic E-state index is 0.194. The van der Waals surface area contributed by atoms with E-state index >= 15 is 0 Å². The normalized spacial score (nSPS) is 11.7. The SMILES string of the molecule is CC(=O)c1ccc(C)nc1-c1cnn(CC(F)(F)F)c1C. The maximum atomic E-state index is 12.5. The quantitative estimate of drug-likeness (QED) is 0.816. The molecule has 0 aliphatic heterocycles. The Labute approximate surface area is 119 Å². The Morgan fingerprint density at radius 2 is 1.95 bits per heavy atom. The number of carbonyl (C=O) groups excluding carboxylic acids is 1. The molecule has 0 aromatic carbocycles.